The van der Waals surface area contributed by atoms with Gasteiger partial charge in [-0.05, 0) is 49.3 Å². The van der Waals surface area contributed by atoms with Crippen molar-refractivity contribution in [3.63, 3.8) is 0 Å². The highest BCUT2D eigenvalue weighted by Crippen LogP contribution is 2.30. The molecular weight excluding hydrogens is 294 g/mol. The van der Waals surface area contributed by atoms with Crippen LogP contribution in [-0.2, 0) is 9.59 Å². The molecule has 23 heavy (non-hydrogen) atoms. The summed E-state index contributed by atoms with van der Waals surface area (Å²) in [5, 5.41) is 8.60. The molecule has 1 aromatic rings. The third kappa shape index (κ3) is 5.27. The first-order chi connectivity index (χ1) is 11.1. The number of piperidine rings is 1. The lowest BCUT2D eigenvalue weighted by atomic mass is 9.89. The lowest BCUT2D eigenvalue weighted by molar-refractivity contribution is -0.137. The molecule has 0 radical (unpaired) electrons. The summed E-state index contributed by atoms with van der Waals surface area (Å²) in [7, 11) is 1.67. The van der Waals surface area contributed by atoms with Crippen LogP contribution in [0, 0.1) is 0 Å². The number of nitrogens with zero attached hydrogens (tertiary/aromatic N) is 1. The molecule has 5 heteroatoms. The van der Waals surface area contributed by atoms with Gasteiger partial charge in [0.25, 0.3) is 0 Å². The summed E-state index contributed by atoms with van der Waals surface area (Å²) in [6.07, 6.45) is 3.76. The first-order valence-corrected chi connectivity index (χ1v) is 8.23. The minimum absolute atomic E-state index is 0.144. The summed E-state index contributed by atoms with van der Waals surface area (Å²) < 4.78 is 5.27. The number of carbonyl (C=O) groups excluding carboxylic acids is 1. The number of likely N-dealkylation sites (tertiary alicyclic amines) is 1. The van der Waals surface area contributed by atoms with E-state index in [2.05, 4.69) is 12.1 Å². The molecule has 0 aromatic heterocycles. The molecule has 1 N–H and O–H groups in total. The van der Waals surface area contributed by atoms with Crippen molar-refractivity contribution >= 4 is 11.9 Å². The molecule has 126 valence electrons. The lowest BCUT2D eigenvalue weighted by Gasteiger charge is -2.32. The molecule has 0 bridgehead atoms. The summed E-state index contributed by atoms with van der Waals surface area (Å²) in [5.74, 6) is 0.705. The Kier molecular flexibility index (Phi) is 6.44. The van der Waals surface area contributed by atoms with Crippen molar-refractivity contribution in [2.45, 2.75) is 44.4 Å². The van der Waals surface area contributed by atoms with Crippen LogP contribution in [0.15, 0.2) is 24.3 Å². The highest BCUT2D eigenvalue weighted by atomic mass is 16.5. The molecule has 1 aliphatic heterocycles. The summed E-state index contributed by atoms with van der Waals surface area (Å²) in [6, 6.07) is 8.15. The summed E-state index contributed by atoms with van der Waals surface area (Å²) >= 11 is 0. The van der Waals surface area contributed by atoms with E-state index in [4.69, 9.17) is 9.84 Å². The molecule has 1 amide bonds. The maximum absolute atomic E-state index is 12.1. The van der Waals surface area contributed by atoms with Crippen LogP contribution < -0.4 is 4.74 Å². The summed E-state index contributed by atoms with van der Waals surface area (Å²) in [4.78, 5) is 24.5. The van der Waals surface area contributed by atoms with Crippen LogP contribution in [0.2, 0.25) is 0 Å². The van der Waals surface area contributed by atoms with E-state index in [1.165, 1.54) is 5.56 Å². The van der Waals surface area contributed by atoms with Crippen LogP contribution in [0.25, 0.3) is 0 Å². The Bertz CT molecular complexity index is 536. The first-order valence-electron chi connectivity index (χ1n) is 8.23. The van der Waals surface area contributed by atoms with E-state index in [0.717, 1.165) is 31.7 Å². The Balaban J connectivity index is 1.76. The van der Waals surface area contributed by atoms with Crippen molar-refractivity contribution < 1.29 is 19.4 Å². The molecule has 0 atom stereocenters. The second-order valence-electron chi connectivity index (χ2n) is 6.03. The number of amides is 1. The van der Waals surface area contributed by atoms with Crippen molar-refractivity contribution in [3.8, 4) is 5.75 Å². The predicted octanol–water partition coefficient (Wildman–Crippen LogP) is 3.05. The lowest BCUT2D eigenvalue weighted by Crippen LogP contribution is -2.37. The second-order valence-corrected chi connectivity index (χ2v) is 6.03. The molecule has 1 aliphatic rings. The number of aliphatic carboxylic acids is 1. The Morgan fingerprint density at radius 3 is 2.57 bits per heavy atom. The molecule has 1 heterocycles. The maximum Gasteiger partial charge on any atom is 0.303 e. The first kappa shape index (κ1) is 17.3. The number of methoxy groups -OCH3 is 1. The van der Waals surface area contributed by atoms with Gasteiger partial charge in [-0.25, -0.2) is 0 Å². The molecular formula is C18H25NO4. The smallest absolute Gasteiger partial charge is 0.303 e. The van der Waals surface area contributed by atoms with Crippen molar-refractivity contribution in [1.82, 2.24) is 4.90 Å². The van der Waals surface area contributed by atoms with Crippen LogP contribution in [0.4, 0.5) is 0 Å². The van der Waals surface area contributed by atoms with E-state index < -0.39 is 5.97 Å². The Hall–Kier alpha value is -2.04. The van der Waals surface area contributed by atoms with E-state index in [-0.39, 0.29) is 12.3 Å². The average Bonchev–Trinajstić information content (AvgIpc) is 2.58. The van der Waals surface area contributed by atoms with Gasteiger partial charge in [0, 0.05) is 25.9 Å². The number of benzene rings is 1. The van der Waals surface area contributed by atoms with Gasteiger partial charge >= 0.3 is 5.97 Å². The zero-order chi connectivity index (χ0) is 16.7. The SMILES string of the molecule is COc1cccc(C2CCN(C(=O)CCCCC(=O)O)CC2)c1. The normalized spacial score (nSPS) is 15.4. The Morgan fingerprint density at radius 2 is 1.91 bits per heavy atom. The molecule has 2 rings (SSSR count). The van der Waals surface area contributed by atoms with Gasteiger partial charge in [0.1, 0.15) is 5.75 Å². The van der Waals surface area contributed by atoms with Gasteiger partial charge in [-0.3, -0.25) is 9.59 Å². The quantitative estimate of drug-likeness (QED) is 0.784. The van der Waals surface area contributed by atoms with Crippen LogP contribution in [-0.4, -0.2) is 42.1 Å². The molecule has 1 aromatic carbocycles. The van der Waals surface area contributed by atoms with E-state index in [1.54, 1.807) is 7.11 Å². The number of carboxylic acid groups (broad SMARTS) is 1. The second kappa shape index (κ2) is 8.56. The summed E-state index contributed by atoms with van der Waals surface area (Å²) in [5.41, 5.74) is 1.28. The predicted molar refractivity (Wildman–Crippen MR) is 87.7 cm³/mol. The minimum atomic E-state index is -0.795. The van der Waals surface area contributed by atoms with Crippen LogP contribution >= 0.6 is 0 Å². The van der Waals surface area contributed by atoms with Gasteiger partial charge in [0.2, 0.25) is 5.91 Å². The fraction of sp³-hybridized carbons (Fsp3) is 0.556. The molecule has 5 nitrogen and oxygen atoms in total. The zero-order valence-corrected chi connectivity index (χ0v) is 13.7. The van der Waals surface area contributed by atoms with Crippen molar-refractivity contribution in [2.24, 2.45) is 0 Å². The maximum atomic E-state index is 12.1. The number of ether oxygens (including phenoxy) is 1. The number of rotatable bonds is 7. The number of hydrogen-bond donors (Lipinski definition) is 1. The van der Waals surface area contributed by atoms with Gasteiger partial charge in [0.05, 0.1) is 7.11 Å². The molecule has 0 aliphatic carbocycles. The van der Waals surface area contributed by atoms with Gasteiger partial charge in [-0.2, -0.15) is 0 Å². The van der Waals surface area contributed by atoms with Gasteiger partial charge in [-0.15, -0.1) is 0 Å². The third-order valence-corrected chi connectivity index (χ3v) is 4.44. The standard InChI is InChI=1S/C18H25NO4/c1-23-16-6-4-5-15(13-16)14-9-11-19(12-10-14)17(20)7-2-3-8-18(21)22/h4-6,13-14H,2-3,7-12H2,1H3,(H,21,22). The fourth-order valence-corrected chi connectivity index (χ4v) is 3.07. The van der Waals surface area contributed by atoms with Crippen molar-refractivity contribution in [1.29, 1.82) is 0 Å². The van der Waals surface area contributed by atoms with E-state index in [9.17, 15) is 9.59 Å². The molecule has 0 spiro atoms. The highest BCUT2D eigenvalue weighted by Gasteiger charge is 2.23. The third-order valence-electron chi connectivity index (χ3n) is 4.44. The Morgan fingerprint density at radius 1 is 1.22 bits per heavy atom. The van der Waals surface area contributed by atoms with Crippen LogP contribution in [0.5, 0.6) is 5.75 Å². The zero-order valence-electron chi connectivity index (χ0n) is 13.7. The largest absolute Gasteiger partial charge is 0.497 e. The molecule has 0 saturated carbocycles. The highest BCUT2D eigenvalue weighted by molar-refractivity contribution is 5.76. The van der Waals surface area contributed by atoms with E-state index >= 15 is 0 Å². The van der Waals surface area contributed by atoms with E-state index in [0.29, 0.717) is 25.2 Å². The molecule has 1 fully saturated rings. The number of unbranched alkanes of at least 4 members (excludes halogenated alkanes) is 1. The van der Waals surface area contributed by atoms with E-state index in [1.807, 2.05) is 17.0 Å². The molecule has 0 unspecified atom stereocenters. The van der Waals surface area contributed by atoms with Gasteiger partial charge in [0.15, 0.2) is 0 Å². The topological polar surface area (TPSA) is 66.8 Å². The number of carbonyl (C=O) groups is 2. The van der Waals surface area contributed by atoms with Gasteiger partial charge < -0.3 is 14.7 Å². The number of hydrogen-bond acceptors (Lipinski definition) is 3. The fourth-order valence-electron chi connectivity index (χ4n) is 3.07. The monoisotopic (exact) mass is 319 g/mol. The summed E-state index contributed by atoms with van der Waals surface area (Å²) in [6.45, 7) is 1.55. The van der Waals surface area contributed by atoms with Crippen LogP contribution in [0.3, 0.4) is 0 Å². The average molecular weight is 319 g/mol. The van der Waals surface area contributed by atoms with Crippen LogP contribution in [0.1, 0.15) is 50.0 Å². The van der Waals surface area contributed by atoms with Crippen molar-refractivity contribution in [2.75, 3.05) is 20.2 Å². The Labute approximate surface area is 137 Å². The minimum Gasteiger partial charge on any atom is -0.497 e. The number of carboxylic acids is 1. The van der Waals surface area contributed by atoms with Gasteiger partial charge in [-0.1, -0.05) is 12.1 Å². The van der Waals surface area contributed by atoms with Crippen molar-refractivity contribution in [3.05, 3.63) is 29.8 Å². The molecule has 1 saturated heterocycles.